The van der Waals surface area contributed by atoms with Crippen LogP contribution in [-0.4, -0.2) is 26.6 Å². The lowest BCUT2D eigenvalue weighted by molar-refractivity contribution is -0.113. The van der Waals surface area contributed by atoms with Gasteiger partial charge >= 0.3 is 0 Å². The van der Waals surface area contributed by atoms with Gasteiger partial charge in [0.2, 0.25) is 5.91 Å². The maximum absolute atomic E-state index is 12.1. The molecule has 24 heavy (non-hydrogen) atoms. The van der Waals surface area contributed by atoms with Gasteiger partial charge in [-0.05, 0) is 39.2 Å². The van der Waals surface area contributed by atoms with Crippen molar-refractivity contribution in [2.45, 2.75) is 52.1 Å². The normalized spacial score (nSPS) is 10.6. The maximum atomic E-state index is 12.1. The third-order valence-corrected chi connectivity index (χ3v) is 4.82. The van der Waals surface area contributed by atoms with Gasteiger partial charge in [0.15, 0.2) is 5.16 Å². The van der Waals surface area contributed by atoms with E-state index in [1.165, 1.54) is 11.8 Å². The van der Waals surface area contributed by atoms with Crippen molar-refractivity contribution in [3.8, 4) is 6.07 Å². The van der Waals surface area contributed by atoms with E-state index in [9.17, 15) is 10.1 Å². The fraction of sp³-hybridized carbons (Fsp3) is 0.471. The number of nitriles is 1. The number of unbranched alkanes of at least 4 members (excludes halogenated alkanes) is 1. The van der Waals surface area contributed by atoms with E-state index in [4.69, 9.17) is 0 Å². The number of hydrogen-bond acceptors (Lipinski definition) is 4. The number of nitrogens with zero attached hydrogens (tertiary/aromatic N) is 2. The van der Waals surface area contributed by atoms with Crippen molar-refractivity contribution < 1.29 is 4.79 Å². The molecule has 0 saturated carbocycles. The molecule has 2 aromatic rings. The van der Waals surface area contributed by atoms with Crippen LogP contribution < -0.4 is 5.32 Å². The second-order valence-electron chi connectivity index (χ2n) is 5.79. The molecule has 0 spiro atoms. The Bertz CT molecular complexity index is 769. The van der Waals surface area contributed by atoms with Gasteiger partial charge in [0.1, 0.15) is 11.9 Å². The van der Waals surface area contributed by atoms with Crippen LogP contribution in [0.3, 0.4) is 0 Å². The first-order valence-corrected chi connectivity index (χ1v) is 9.02. The maximum Gasteiger partial charge on any atom is 0.235 e. The van der Waals surface area contributed by atoms with E-state index in [1.807, 2.05) is 20.8 Å². The number of aromatic nitrogens is 3. The number of rotatable bonds is 7. The Labute approximate surface area is 146 Å². The number of carbonyl (C=O) groups is 1. The van der Waals surface area contributed by atoms with Gasteiger partial charge in [0.25, 0.3) is 0 Å². The molecular formula is C17H23N5OS. The number of aryl methyl sites for hydroxylation is 3. The summed E-state index contributed by atoms with van der Waals surface area (Å²) in [4.78, 5) is 22.9. The summed E-state index contributed by atoms with van der Waals surface area (Å²) in [5.74, 6) is 0.543. The molecule has 2 aromatic heterocycles. The summed E-state index contributed by atoms with van der Waals surface area (Å²) in [6, 6.07) is 2.12. The van der Waals surface area contributed by atoms with Crippen LogP contribution in [0.25, 0.3) is 0 Å². The van der Waals surface area contributed by atoms with E-state index < -0.39 is 0 Å². The van der Waals surface area contributed by atoms with Crippen molar-refractivity contribution in [2.75, 3.05) is 11.1 Å². The number of H-pyrrole nitrogens is 2. The zero-order valence-electron chi connectivity index (χ0n) is 14.5. The van der Waals surface area contributed by atoms with Crippen LogP contribution in [0.5, 0.6) is 0 Å². The van der Waals surface area contributed by atoms with E-state index in [-0.39, 0.29) is 11.7 Å². The molecule has 0 aromatic carbocycles. The lowest BCUT2D eigenvalue weighted by atomic mass is 10.2. The molecule has 0 saturated heterocycles. The SMILES string of the molecule is CCCCc1nc(SCC(=O)Nc2[nH]c(C)c(C)c2C#N)[nH]c1C. The molecule has 0 unspecified atom stereocenters. The Morgan fingerprint density at radius 3 is 2.71 bits per heavy atom. The van der Waals surface area contributed by atoms with Crippen LogP contribution in [0.2, 0.25) is 0 Å². The first-order valence-electron chi connectivity index (χ1n) is 8.03. The number of carbonyl (C=O) groups excluding carboxylic acids is 1. The molecule has 0 aliphatic heterocycles. The van der Waals surface area contributed by atoms with E-state index in [1.54, 1.807) is 0 Å². The van der Waals surface area contributed by atoms with Crippen LogP contribution in [0.1, 0.15) is 48.0 Å². The average Bonchev–Trinajstić information content (AvgIpc) is 3.03. The van der Waals surface area contributed by atoms with Gasteiger partial charge < -0.3 is 15.3 Å². The van der Waals surface area contributed by atoms with Gasteiger partial charge in [-0.1, -0.05) is 25.1 Å². The average molecular weight is 345 g/mol. The number of hydrogen-bond donors (Lipinski definition) is 3. The third kappa shape index (κ3) is 4.20. The van der Waals surface area contributed by atoms with Gasteiger partial charge in [0, 0.05) is 11.4 Å². The van der Waals surface area contributed by atoms with Gasteiger partial charge in [-0.15, -0.1) is 0 Å². The lowest BCUT2D eigenvalue weighted by Gasteiger charge is -2.02. The molecule has 0 aliphatic rings. The second-order valence-corrected chi connectivity index (χ2v) is 6.75. The monoisotopic (exact) mass is 345 g/mol. The zero-order chi connectivity index (χ0) is 17.7. The van der Waals surface area contributed by atoms with Gasteiger partial charge in [-0.2, -0.15) is 5.26 Å². The molecule has 0 bridgehead atoms. The minimum absolute atomic E-state index is 0.165. The number of thioether (sulfide) groups is 1. The number of amides is 1. The Morgan fingerprint density at radius 1 is 1.29 bits per heavy atom. The van der Waals surface area contributed by atoms with Gasteiger partial charge in [-0.3, -0.25) is 4.79 Å². The van der Waals surface area contributed by atoms with E-state index in [0.29, 0.717) is 11.4 Å². The predicted molar refractivity (Wildman–Crippen MR) is 96.3 cm³/mol. The summed E-state index contributed by atoms with van der Waals surface area (Å²) in [6.45, 7) is 7.90. The topological polar surface area (TPSA) is 97.4 Å². The fourth-order valence-electron chi connectivity index (χ4n) is 2.38. The molecular weight excluding hydrogens is 322 g/mol. The second kappa shape index (κ2) is 8.06. The van der Waals surface area contributed by atoms with E-state index in [0.717, 1.165) is 47.1 Å². The minimum atomic E-state index is -0.165. The van der Waals surface area contributed by atoms with Crippen molar-refractivity contribution >= 4 is 23.5 Å². The largest absolute Gasteiger partial charge is 0.344 e. The van der Waals surface area contributed by atoms with Gasteiger partial charge in [-0.25, -0.2) is 4.98 Å². The van der Waals surface area contributed by atoms with Crippen molar-refractivity contribution in [1.29, 1.82) is 5.26 Å². The van der Waals surface area contributed by atoms with Crippen molar-refractivity contribution in [2.24, 2.45) is 0 Å². The quantitative estimate of drug-likeness (QED) is 0.668. The Morgan fingerprint density at radius 2 is 2.04 bits per heavy atom. The first kappa shape index (κ1) is 18.1. The van der Waals surface area contributed by atoms with Crippen LogP contribution in [0.4, 0.5) is 5.82 Å². The number of nitrogens with one attached hydrogen (secondary N) is 3. The number of anilines is 1. The first-order chi connectivity index (χ1) is 11.5. The Kier molecular flexibility index (Phi) is 6.10. The molecule has 3 N–H and O–H groups in total. The highest BCUT2D eigenvalue weighted by atomic mass is 32.2. The van der Waals surface area contributed by atoms with Gasteiger partial charge in [0.05, 0.1) is 17.0 Å². The van der Waals surface area contributed by atoms with Crippen molar-refractivity contribution in [3.05, 3.63) is 28.2 Å². The third-order valence-electron chi connectivity index (χ3n) is 3.95. The van der Waals surface area contributed by atoms with E-state index >= 15 is 0 Å². The molecule has 0 radical (unpaired) electrons. The Hall–Kier alpha value is -2.20. The fourth-order valence-corrected chi connectivity index (χ4v) is 3.12. The van der Waals surface area contributed by atoms with Crippen molar-refractivity contribution in [3.63, 3.8) is 0 Å². The summed E-state index contributed by atoms with van der Waals surface area (Å²) < 4.78 is 0. The molecule has 128 valence electrons. The number of aromatic amines is 2. The molecule has 2 rings (SSSR count). The van der Waals surface area contributed by atoms with E-state index in [2.05, 4.69) is 33.3 Å². The lowest BCUT2D eigenvalue weighted by Crippen LogP contribution is -2.15. The molecule has 0 aliphatic carbocycles. The number of imidazole rings is 1. The summed E-state index contributed by atoms with van der Waals surface area (Å²) in [7, 11) is 0. The molecule has 6 nitrogen and oxygen atoms in total. The highest BCUT2D eigenvalue weighted by Gasteiger charge is 2.15. The Balaban J connectivity index is 1.94. The molecule has 1 amide bonds. The van der Waals surface area contributed by atoms with Crippen LogP contribution in [0, 0.1) is 32.1 Å². The summed E-state index contributed by atoms with van der Waals surface area (Å²) in [6.07, 6.45) is 3.20. The summed E-state index contributed by atoms with van der Waals surface area (Å²) in [5.41, 5.74) is 4.37. The highest BCUT2D eigenvalue weighted by molar-refractivity contribution is 7.99. The smallest absolute Gasteiger partial charge is 0.235 e. The van der Waals surface area contributed by atoms with Crippen LogP contribution >= 0.6 is 11.8 Å². The molecule has 0 atom stereocenters. The molecule has 7 heteroatoms. The summed E-state index contributed by atoms with van der Waals surface area (Å²) in [5, 5.41) is 12.7. The predicted octanol–water partition coefficient (Wildman–Crippen LogP) is 3.61. The van der Waals surface area contributed by atoms with Crippen LogP contribution in [0.15, 0.2) is 5.16 Å². The van der Waals surface area contributed by atoms with Crippen molar-refractivity contribution in [1.82, 2.24) is 15.0 Å². The summed E-state index contributed by atoms with van der Waals surface area (Å²) >= 11 is 1.37. The highest BCUT2D eigenvalue weighted by Crippen LogP contribution is 2.22. The minimum Gasteiger partial charge on any atom is -0.344 e. The van der Waals surface area contributed by atoms with Crippen LogP contribution in [-0.2, 0) is 11.2 Å². The standard InChI is InChI=1S/C17H23N5OS/c1-5-6-7-14-12(4)20-17(21-14)24-9-15(23)22-16-13(8-18)10(2)11(3)19-16/h19H,5-7,9H2,1-4H3,(H,20,21)(H,22,23). The molecule has 2 heterocycles. The molecule has 0 fully saturated rings. The zero-order valence-corrected chi connectivity index (χ0v) is 15.4.